The molecule has 1 nitrogen and oxygen atoms in total. The Balaban J connectivity index is 2.28. The predicted molar refractivity (Wildman–Crippen MR) is 94.0 cm³/mol. The van der Waals surface area contributed by atoms with Crippen molar-refractivity contribution in [3.63, 3.8) is 0 Å². The molecule has 98 valence electrons. The SMILES string of the molecule is O=C(Cc1ccc(Br)cc1Cl)c1cc(I)ccc1Br. The maximum Gasteiger partial charge on any atom is 0.168 e. The van der Waals surface area contributed by atoms with E-state index in [-0.39, 0.29) is 5.78 Å². The van der Waals surface area contributed by atoms with Crippen LogP contribution < -0.4 is 0 Å². The highest BCUT2D eigenvalue weighted by molar-refractivity contribution is 14.1. The monoisotopic (exact) mass is 512 g/mol. The molecule has 2 aromatic rings. The van der Waals surface area contributed by atoms with Gasteiger partial charge in [0.25, 0.3) is 0 Å². The van der Waals surface area contributed by atoms with Gasteiger partial charge in [-0.15, -0.1) is 0 Å². The number of benzene rings is 2. The van der Waals surface area contributed by atoms with E-state index in [2.05, 4.69) is 54.5 Å². The first kappa shape index (κ1) is 15.5. The average molecular weight is 514 g/mol. The van der Waals surface area contributed by atoms with E-state index in [4.69, 9.17) is 11.6 Å². The van der Waals surface area contributed by atoms with E-state index in [1.165, 1.54) is 0 Å². The second-order valence-corrected chi connectivity index (χ2v) is 7.38. The van der Waals surface area contributed by atoms with Gasteiger partial charge in [0, 0.05) is 29.5 Å². The number of rotatable bonds is 3. The Morgan fingerprint density at radius 3 is 2.58 bits per heavy atom. The first-order valence-electron chi connectivity index (χ1n) is 5.39. The molecule has 0 unspecified atom stereocenters. The molecule has 5 heteroatoms. The van der Waals surface area contributed by atoms with Crippen molar-refractivity contribution in [2.45, 2.75) is 6.42 Å². The number of hydrogen-bond donors (Lipinski definition) is 0. The van der Waals surface area contributed by atoms with Gasteiger partial charge in [0.1, 0.15) is 0 Å². The van der Waals surface area contributed by atoms with Crippen LogP contribution in [0.15, 0.2) is 45.3 Å². The molecule has 2 rings (SSSR count). The van der Waals surface area contributed by atoms with Crippen molar-refractivity contribution in [3.8, 4) is 0 Å². The predicted octanol–water partition coefficient (Wildman–Crippen LogP) is 5.90. The third kappa shape index (κ3) is 4.03. The molecule has 0 spiro atoms. The van der Waals surface area contributed by atoms with Crippen LogP contribution in [0.4, 0.5) is 0 Å². The lowest BCUT2D eigenvalue weighted by Crippen LogP contribution is -2.05. The van der Waals surface area contributed by atoms with E-state index < -0.39 is 0 Å². The summed E-state index contributed by atoms with van der Waals surface area (Å²) in [5, 5.41) is 0.601. The Hall–Kier alpha value is 0.0900. The molecular formula is C14H8Br2ClIO. The van der Waals surface area contributed by atoms with E-state index in [0.717, 1.165) is 18.1 Å². The summed E-state index contributed by atoms with van der Waals surface area (Å²) in [6.07, 6.45) is 0.296. The largest absolute Gasteiger partial charge is 0.294 e. The van der Waals surface area contributed by atoms with Crippen LogP contribution in [0, 0.1) is 3.57 Å². The highest BCUT2D eigenvalue weighted by atomic mass is 127. The van der Waals surface area contributed by atoms with Crippen LogP contribution in [0.3, 0.4) is 0 Å². The number of carbonyl (C=O) groups excluding carboxylic acids is 1. The minimum Gasteiger partial charge on any atom is -0.294 e. The number of ketones is 1. The zero-order chi connectivity index (χ0) is 14.0. The van der Waals surface area contributed by atoms with Crippen molar-refractivity contribution in [1.29, 1.82) is 0 Å². The summed E-state index contributed by atoms with van der Waals surface area (Å²) >= 11 is 15.1. The molecule has 0 aliphatic rings. The first-order valence-corrected chi connectivity index (χ1v) is 8.44. The fraction of sp³-hybridized carbons (Fsp3) is 0.0714. The van der Waals surface area contributed by atoms with Gasteiger partial charge in [0.2, 0.25) is 0 Å². The second-order valence-electron chi connectivity index (χ2n) is 3.96. The molecule has 0 aliphatic heterocycles. The summed E-state index contributed by atoms with van der Waals surface area (Å²) in [6, 6.07) is 11.3. The lowest BCUT2D eigenvalue weighted by Gasteiger charge is -2.07. The van der Waals surface area contributed by atoms with Gasteiger partial charge in [-0.05, 0) is 58.5 Å². The minimum absolute atomic E-state index is 0.0506. The molecule has 0 N–H and O–H groups in total. The van der Waals surface area contributed by atoms with Crippen molar-refractivity contribution in [3.05, 3.63) is 65.1 Å². The molecule has 0 aromatic heterocycles. The molecule has 0 atom stereocenters. The highest BCUT2D eigenvalue weighted by Crippen LogP contribution is 2.25. The zero-order valence-electron chi connectivity index (χ0n) is 9.59. The minimum atomic E-state index is 0.0506. The summed E-state index contributed by atoms with van der Waals surface area (Å²) < 4.78 is 2.75. The number of carbonyl (C=O) groups is 1. The van der Waals surface area contributed by atoms with Crippen LogP contribution >= 0.6 is 66.1 Å². The topological polar surface area (TPSA) is 17.1 Å². The van der Waals surface area contributed by atoms with Gasteiger partial charge in [-0.1, -0.05) is 49.5 Å². The first-order chi connectivity index (χ1) is 8.97. The lowest BCUT2D eigenvalue weighted by molar-refractivity contribution is 0.0992. The molecule has 2 aromatic carbocycles. The fourth-order valence-electron chi connectivity index (χ4n) is 1.64. The van der Waals surface area contributed by atoms with Gasteiger partial charge in [-0.2, -0.15) is 0 Å². The summed E-state index contributed by atoms with van der Waals surface area (Å²) in [6.45, 7) is 0. The van der Waals surface area contributed by atoms with E-state index in [1.54, 1.807) is 6.07 Å². The summed E-state index contributed by atoms with van der Waals surface area (Å²) in [4.78, 5) is 12.3. The Morgan fingerprint density at radius 1 is 1.16 bits per heavy atom. The molecule has 19 heavy (non-hydrogen) atoms. The second kappa shape index (κ2) is 6.70. The van der Waals surface area contributed by atoms with E-state index >= 15 is 0 Å². The summed E-state index contributed by atoms with van der Waals surface area (Å²) in [5.74, 6) is 0.0506. The summed E-state index contributed by atoms with van der Waals surface area (Å²) in [5.41, 5.74) is 1.52. The van der Waals surface area contributed by atoms with Crippen LogP contribution in [0.1, 0.15) is 15.9 Å². The quantitative estimate of drug-likeness (QED) is 0.369. The van der Waals surface area contributed by atoms with Crippen molar-refractivity contribution >= 4 is 71.8 Å². The smallest absolute Gasteiger partial charge is 0.168 e. The number of Topliss-reactive ketones (excluding diaryl/α,β-unsaturated/α-hetero) is 1. The van der Waals surface area contributed by atoms with Crippen LogP contribution in [0.5, 0.6) is 0 Å². The van der Waals surface area contributed by atoms with E-state index in [0.29, 0.717) is 17.0 Å². The van der Waals surface area contributed by atoms with Crippen LogP contribution in [0.25, 0.3) is 0 Å². The summed E-state index contributed by atoms with van der Waals surface area (Å²) in [7, 11) is 0. The Bertz CT molecular complexity index is 643. The van der Waals surface area contributed by atoms with Gasteiger partial charge >= 0.3 is 0 Å². The highest BCUT2D eigenvalue weighted by Gasteiger charge is 2.13. The molecule has 0 aliphatic carbocycles. The third-order valence-electron chi connectivity index (χ3n) is 2.59. The molecule has 0 amide bonds. The fourth-order valence-corrected chi connectivity index (χ4v) is 3.34. The van der Waals surface area contributed by atoms with Gasteiger partial charge in [0.15, 0.2) is 5.78 Å². The molecule has 0 heterocycles. The average Bonchev–Trinajstić information content (AvgIpc) is 2.35. The van der Waals surface area contributed by atoms with Gasteiger partial charge < -0.3 is 0 Å². The van der Waals surface area contributed by atoms with Crippen molar-refractivity contribution in [2.24, 2.45) is 0 Å². The maximum atomic E-state index is 12.3. The maximum absolute atomic E-state index is 12.3. The standard InChI is InChI=1S/C14H8Br2ClIO/c15-9-2-1-8(13(17)6-9)5-14(19)11-7-10(18)3-4-12(11)16/h1-4,6-7H,5H2. The lowest BCUT2D eigenvalue weighted by atomic mass is 10.0. The van der Waals surface area contributed by atoms with Gasteiger partial charge in [0.05, 0.1) is 0 Å². The van der Waals surface area contributed by atoms with Crippen molar-refractivity contribution in [2.75, 3.05) is 0 Å². The van der Waals surface area contributed by atoms with Crippen LogP contribution in [-0.4, -0.2) is 5.78 Å². The Labute approximate surface area is 147 Å². The van der Waals surface area contributed by atoms with E-state index in [1.807, 2.05) is 30.3 Å². The Kier molecular flexibility index (Phi) is 5.45. The molecule has 0 bridgehead atoms. The Morgan fingerprint density at radius 2 is 1.89 bits per heavy atom. The molecule has 0 fully saturated rings. The number of halogens is 4. The van der Waals surface area contributed by atoms with Crippen molar-refractivity contribution in [1.82, 2.24) is 0 Å². The van der Waals surface area contributed by atoms with Crippen molar-refractivity contribution < 1.29 is 4.79 Å². The normalized spacial score (nSPS) is 10.5. The third-order valence-corrected chi connectivity index (χ3v) is 4.80. The van der Waals surface area contributed by atoms with Crippen LogP contribution in [0.2, 0.25) is 5.02 Å². The molecular weight excluding hydrogens is 506 g/mol. The van der Waals surface area contributed by atoms with Gasteiger partial charge in [-0.25, -0.2) is 0 Å². The van der Waals surface area contributed by atoms with Gasteiger partial charge in [-0.3, -0.25) is 4.79 Å². The number of hydrogen-bond acceptors (Lipinski definition) is 1. The molecule has 0 radical (unpaired) electrons. The molecule has 0 saturated heterocycles. The zero-order valence-corrected chi connectivity index (χ0v) is 15.7. The van der Waals surface area contributed by atoms with E-state index in [9.17, 15) is 4.79 Å². The molecule has 0 saturated carbocycles. The van der Waals surface area contributed by atoms with Crippen LogP contribution in [-0.2, 0) is 6.42 Å².